The molecule has 0 aliphatic carbocycles. The average molecular weight is 195 g/mol. The maximum absolute atomic E-state index is 5.87. The molecule has 0 bridgehead atoms. The van der Waals surface area contributed by atoms with E-state index in [0.717, 1.165) is 24.3 Å². The lowest BCUT2D eigenvalue weighted by Gasteiger charge is -2.04. The first kappa shape index (κ1) is 11.1. The Kier molecular flexibility index (Phi) is 3.55. The van der Waals surface area contributed by atoms with Gasteiger partial charge in [-0.3, -0.25) is 4.68 Å². The number of nitrogens with two attached hydrogens (primary N) is 1. The van der Waals surface area contributed by atoms with E-state index in [1.807, 2.05) is 10.9 Å². The van der Waals surface area contributed by atoms with Crippen molar-refractivity contribution in [2.45, 2.75) is 46.6 Å². The SMILES string of the molecule is CC(C)CCn1cc(N)c(C(C)C)n1. The van der Waals surface area contributed by atoms with E-state index in [0.29, 0.717) is 11.8 Å². The Hall–Kier alpha value is -0.990. The number of rotatable bonds is 4. The molecule has 0 saturated heterocycles. The molecule has 1 aromatic heterocycles. The summed E-state index contributed by atoms with van der Waals surface area (Å²) in [7, 11) is 0. The lowest BCUT2D eigenvalue weighted by atomic mass is 10.1. The molecule has 80 valence electrons. The normalized spacial score (nSPS) is 11.6. The second kappa shape index (κ2) is 4.49. The molecular formula is C11H21N3. The Morgan fingerprint density at radius 2 is 2.00 bits per heavy atom. The van der Waals surface area contributed by atoms with Crippen molar-refractivity contribution < 1.29 is 0 Å². The minimum Gasteiger partial charge on any atom is -0.396 e. The fourth-order valence-corrected chi connectivity index (χ4v) is 1.41. The van der Waals surface area contributed by atoms with Gasteiger partial charge >= 0.3 is 0 Å². The third-order valence-corrected chi connectivity index (χ3v) is 2.30. The highest BCUT2D eigenvalue weighted by molar-refractivity contribution is 5.42. The number of nitrogen functional groups attached to an aromatic ring is 1. The summed E-state index contributed by atoms with van der Waals surface area (Å²) in [4.78, 5) is 0. The minimum atomic E-state index is 0.412. The van der Waals surface area contributed by atoms with E-state index in [9.17, 15) is 0 Å². The van der Waals surface area contributed by atoms with Crippen LogP contribution in [0.5, 0.6) is 0 Å². The molecule has 2 N–H and O–H groups in total. The maximum Gasteiger partial charge on any atom is 0.0879 e. The first-order valence-corrected chi connectivity index (χ1v) is 5.33. The smallest absolute Gasteiger partial charge is 0.0879 e. The Bertz CT molecular complexity index is 287. The van der Waals surface area contributed by atoms with Gasteiger partial charge in [-0.05, 0) is 18.3 Å². The van der Waals surface area contributed by atoms with Crippen LogP contribution in [-0.4, -0.2) is 9.78 Å². The quantitative estimate of drug-likeness (QED) is 0.802. The zero-order valence-corrected chi connectivity index (χ0v) is 9.62. The van der Waals surface area contributed by atoms with Gasteiger partial charge in [0.05, 0.1) is 11.4 Å². The van der Waals surface area contributed by atoms with Crippen LogP contribution in [0.15, 0.2) is 6.20 Å². The van der Waals surface area contributed by atoms with Gasteiger partial charge in [0, 0.05) is 12.7 Å². The van der Waals surface area contributed by atoms with Crippen molar-refractivity contribution in [3.05, 3.63) is 11.9 Å². The van der Waals surface area contributed by atoms with Gasteiger partial charge in [-0.25, -0.2) is 0 Å². The van der Waals surface area contributed by atoms with Crippen molar-refractivity contribution in [2.24, 2.45) is 5.92 Å². The third kappa shape index (κ3) is 2.76. The molecule has 3 nitrogen and oxygen atoms in total. The summed E-state index contributed by atoms with van der Waals surface area (Å²) >= 11 is 0. The zero-order chi connectivity index (χ0) is 10.7. The predicted molar refractivity (Wildman–Crippen MR) is 60.2 cm³/mol. The van der Waals surface area contributed by atoms with Crippen molar-refractivity contribution in [1.82, 2.24) is 9.78 Å². The highest BCUT2D eigenvalue weighted by Gasteiger charge is 2.09. The van der Waals surface area contributed by atoms with Gasteiger partial charge in [-0.2, -0.15) is 5.10 Å². The summed E-state index contributed by atoms with van der Waals surface area (Å²) in [6.45, 7) is 9.64. The monoisotopic (exact) mass is 195 g/mol. The molecule has 0 radical (unpaired) electrons. The standard InChI is InChI=1S/C11H21N3/c1-8(2)5-6-14-7-10(12)11(13-14)9(3)4/h7-9H,5-6,12H2,1-4H3. The number of hydrogen-bond acceptors (Lipinski definition) is 2. The second-order valence-corrected chi connectivity index (χ2v) is 4.57. The molecule has 14 heavy (non-hydrogen) atoms. The zero-order valence-electron chi connectivity index (χ0n) is 9.62. The number of anilines is 1. The first-order valence-electron chi connectivity index (χ1n) is 5.33. The Labute approximate surface area is 86.3 Å². The van der Waals surface area contributed by atoms with Crippen LogP contribution >= 0.6 is 0 Å². The van der Waals surface area contributed by atoms with Crippen molar-refractivity contribution in [2.75, 3.05) is 5.73 Å². The molecule has 0 aromatic carbocycles. The molecule has 0 aliphatic heterocycles. The van der Waals surface area contributed by atoms with Crippen LogP contribution in [0.3, 0.4) is 0 Å². The summed E-state index contributed by atoms with van der Waals surface area (Å²) in [5, 5.41) is 4.47. The molecule has 0 amide bonds. The van der Waals surface area contributed by atoms with E-state index in [-0.39, 0.29) is 0 Å². The number of aromatic nitrogens is 2. The number of nitrogens with zero attached hydrogens (tertiary/aromatic N) is 2. The number of aryl methyl sites for hydroxylation is 1. The van der Waals surface area contributed by atoms with Crippen molar-refractivity contribution >= 4 is 5.69 Å². The van der Waals surface area contributed by atoms with Crippen LogP contribution in [0, 0.1) is 5.92 Å². The van der Waals surface area contributed by atoms with Gasteiger partial charge in [-0.15, -0.1) is 0 Å². The number of hydrogen-bond donors (Lipinski definition) is 1. The van der Waals surface area contributed by atoms with Gasteiger partial charge in [0.15, 0.2) is 0 Å². The molecule has 3 heteroatoms. The second-order valence-electron chi connectivity index (χ2n) is 4.57. The van der Waals surface area contributed by atoms with Crippen molar-refractivity contribution in [3.63, 3.8) is 0 Å². The van der Waals surface area contributed by atoms with Crippen molar-refractivity contribution in [1.29, 1.82) is 0 Å². The Morgan fingerprint density at radius 1 is 1.36 bits per heavy atom. The van der Waals surface area contributed by atoms with Crippen LogP contribution in [-0.2, 0) is 6.54 Å². The summed E-state index contributed by atoms with van der Waals surface area (Å²) in [6, 6.07) is 0. The van der Waals surface area contributed by atoms with Gasteiger partial charge in [-0.1, -0.05) is 27.7 Å². The molecule has 1 aromatic rings. The van der Waals surface area contributed by atoms with E-state index in [1.165, 1.54) is 0 Å². The summed E-state index contributed by atoms with van der Waals surface area (Å²) < 4.78 is 1.96. The van der Waals surface area contributed by atoms with E-state index in [1.54, 1.807) is 0 Å². The molecule has 1 rings (SSSR count). The highest BCUT2D eigenvalue weighted by Crippen LogP contribution is 2.19. The largest absolute Gasteiger partial charge is 0.396 e. The van der Waals surface area contributed by atoms with E-state index >= 15 is 0 Å². The van der Waals surface area contributed by atoms with E-state index < -0.39 is 0 Å². The molecule has 0 unspecified atom stereocenters. The van der Waals surface area contributed by atoms with Crippen LogP contribution in [0.25, 0.3) is 0 Å². The lowest BCUT2D eigenvalue weighted by Crippen LogP contribution is -2.03. The van der Waals surface area contributed by atoms with Crippen molar-refractivity contribution in [3.8, 4) is 0 Å². The van der Waals surface area contributed by atoms with Gasteiger partial charge in [0.2, 0.25) is 0 Å². The summed E-state index contributed by atoms with van der Waals surface area (Å²) in [5.74, 6) is 1.12. The van der Waals surface area contributed by atoms with Gasteiger partial charge in [0.1, 0.15) is 0 Å². The molecule has 1 heterocycles. The van der Waals surface area contributed by atoms with Crippen LogP contribution in [0.1, 0.15) is 45.7 Å². The first-order chi connectivity index (χ1) is 6.50. The topological polar surface area (TPSA) is 43.8 Å². The fourth-order valence-electron chi connectivity index (χ4n) is 1.41. The molecule has 0 aliphatic rings. The van der Waals surface area contributed by atoms with Crippen LogP contribution in [0.4, 0.5) is 5.69 Å². The van der Waals surface area contributed by atoms with Gasteiger partial charge in [0.25, 0.3) is 0 Å². The fraction of sp³-hybridized carbons (Fsp3) is 0.727. The van der Waals surface area contributed by atoms with E-state index in [2.05, 4.69) is 32.8 Å². The molecule has 0 spiro atoms. The van der Waals surface area contributed by atoms with E-state index in [4.69, 9.17) is 5.73 Å². The summed E-state index contributed by atoms with van der Waals surface area (Å²) in [6.07, 6.45) is 3.09. The highest BCUT2D eigenvalue weighted by atomic mass is 15.3. The summed E-state index contributed by atoms with van der Waals surface area (Å²) in [5.41, 5.74) is 7.71. The average Bonchev–Trinajstić information content (AvgIpc) is 2.43. The molecular weight excluding hydrogens is 174 g/mol. The molecule has 0 fully saturated rings. The molecule has 0 atom stereocenters. The maximum atomic E-state index is 5.87. The Balaban J connectivity index is 2.66. The minimum absolute atomic E-state index is 0.412. The third-order valence-electron chi connectivity index (χ3n) is 2.30. The predicted octanol–water partition coefficient (Wildman–Crippen LogP) is 2.63. The Morgan fingerprint density at radius 3 is 2.43 bits per heavy atom. The lowest BCUT2D eigenvalue weighted by molar-refractivity contribution is 0.483. The molecule has 0 saturated carbocycles. The van der Waals surface area contributed by atoms with Crippen LogP contribution in [0.2, 0.25) is 0 Å². The van der Waals surface area contributed by atoms with Gasteiger partial charge < -0.3 is 5.73 Å². The van der Waals surface area contributed by atoms with Crippen LogP contribution < -0.4 is 5.73 Å².